The number of carbonyl (C=O) groups is 1. The van der Waals surface area contributed by atoms with E-state index < -0.39 is 0 Å². The maximum Gasteiger partial charge on any atom is 0.321 e. The number of aromatic nitrogens is 2. The normalized spacial score (nSPS) is 17.9. The summed E-state index contributed by atoms with van der Waals surface area (Å²) in [5.41, 5.74) is 2.06. The van der Waals surface area contributed by atoms with Crippen LogP contribution >= 0.6 is 0 Å². The molecule has 0 radical (unpaired) electrons. The van der Waals surface area contributed by atoms with E-state index >= 15 is 0 Å². The van der Waals surface area contributed by atoms with E-state index in [1.807, 2.05) is 23.1 Å². The molecule has 4 rings (SSSR count). The topological polar surface area (TPSA) is 67.8 Å². The van der Waals surface area contributed by atoms with Gasteiger partial charge in [0.25, 0.3) is 0 Å². The van der Waals surface area contributed by atoms with Gasteiger partial charge in [0.1, 0.15) is 18.0 Å². The molecule has 30 heavy (non-hydrogen) atoms. The molecule has 2 saturated heterocycles. The van der Waals surface area contributed by atoms with Crippen molar-refractivity contribution in [1.29, 1.82) is 0 Å². The Morgan fingerprint density at radius 3 is 2.17 bits per heavy atom. The second kappa shape index (κ2) is 9.30. The predicted octanol–water partition coefficient (Wildman–Crippen LogP) is 2.14. The van der Waals surface area contributed by atoms with Crippen LogP contribution in [0.3, 0.4) is 0 Å². The van der Waals surface area contributed by atoms with Gasteiger partial charge in [-0.15, -0.1) is 0 Å². The minimum atomic E-state index is -0.0311. The molecule has 1 N–H and O–H groups in total. The summed E-state index contributed by atoms with van der Waals surface area (Å²) in [6.45, 7) is 9.05. The molecule has 2 aliphatic rings. The summed E-state index contributed by atoms with van der Waals surface area (Å²) in [6, 6.07) is 10.0. The summed E-state index contributed by atoms with van der Waals surface area (Å²) < 4.78 is 0. The number of carbonyl (C=O) groups excluding carboxylic acids is 1. The molecule has 1 aromatic heterocycles. The third-order valence-corrected chi connectivity index (χ3v) is 6.00. The van der Waals surface area contributed by atoms with E-state index in [1.165, 1.54) is 0 Å². The SMILES string of the molecule is CCc1ccccc1NC(=O)N1CCN(c2cc(N3CCN(C)CC3)ncn2)CC1. The zero-order valence-corrected chi connectivity index (χ0v) is 17.9. The Hall–Kier alpha value is -2.87. The molecule has 0 aliphatic carbocycles. The molecule has 2 fully saturated rings. The van der Waals surface area contributed by atoms with Crippen LogP contribution in [0.25, 0.3) is 0 Å². The fourth-order valence-electron chi connectivity index (χ4n) is 4.00. The molecule has 0 saturated carbocycles. The van der Waals surface area contributed by atoms with Crippen molar-refractivity contribution in [1.82, 2.24) is 19.8 Å². The Morgan fingerprint density at radius 1 is 0.933 bits per heavy atom. The number of rotatable bonds is 4. The van der Waals surface area contributed by atoms with E-state index in [1.54, 1.807) is 6.33 Å². The summed E-state index contributed by atoms with van der Waals surface area (Å²) in [6.07, 6.45) is 2.55. The predicted molar refractivity (Wildman–Crippen MR) is 120 cm³/mol. The number of hydrogen-bond donors (Lipinski definition) is 1. The number of piperazine rings is 2. The van der Waals surface area contributed by atoms with Crippen LogP contribution in [0.4, 0.5) is 22.1 Å². The molecule has 2 aromatic rings. The second-order valence-corrected chi connectivity index (χ2v) is 7.94. The summed E-state index contributed by atoms with van der Waals surface area (Å²) in [4.78, 5) is 30.5. The molecule has 2 aliphatic heterocycles. The van der Waals surface area contributed by atoms with Crippen molar-refractivity contribution in [3.8, 4) is 0 Å². The lowest BCUT2D eigenvalue weighted by molar-refractivity contribution is 0.208. The van der Waals surface area contributed by atoms with Crippen molar-refractivity contribution in [2.75, 3.05) is 74.5 Å². The lowest BCUT2D eigenvalue weighted by Crippen LogP contribution is -2.50. The van der Waals surface area contributed by atoms with Gasteiger partial charge in [0.05, 0.1) is 0 Å². The molecule has 160 valence electrons. The van der Waals surface area contributed by atoms with Crippen LogP contribution in [0.1, 0.15) is 12.5 Å². The van der Waals surface area contributed by atoms with Gasteiger partial charge in [-0.1, -0.05) is 25.1 Å². The van der Waals surface area contributed by atoms with Crippen molar-refractivity contribution in [2.45, 2.75) is 13.3 Å². The third-order valence-electron chi connectivity index (χ3n) is 6.00. The van der Waals surface area contributed by atoms with Crippen LogP contribution in [0, 0.1) is 0 Å². The minimum Gasteiger partial charge on any atom is -0.354 e. The molecule has 8 nitrogen and oxygen atoms in total. The highest BCUT2D eigenvalue weighted by Gasteiger charge is 2.23. The molecule has 0 unspecified atom stereocenters. The van der Waals surface area contributed by atoms with Crippen molar-refractivity contribution < 1.29 is 4.79 Å². The Kier molecular flexibility index (Phi) is 6.32. The molecular weight excluding hydrogens is 378 g/mol. The van der Waals surface area contributed by atoms with E-state index in [9.17, 15) is 4.79 Å². The zero-order valence-electron chi connectivity index (χ0n) is 17.9. The number of hydrogen-bond acceptors (Lipinski definition) is 6. The van der Waals surface area contributed by atoms with E-state index in [0.29, 0.717) is 13.1 Å². The van der Waals surface area contributed by atoms with Gasteiger partial charge < -0.3 is 24.9 Å². The molecule has 0 atom stereocenters. The van der Waals surface area contributed by atoms with E-state index in [4.69, 9.17) is 0 Å². The van der Waals surface area contributed by atoms with Crippen LogP contribution in [-0.2, 0) is 6.42 Å². The van der Waals surface area contributed by atoms with Gasteiger partial charge in [-0.2, -0.15) is 0 Å². The second-order valence-electron chi connectivity index (χ2n) is 7.94. The maximum atomic E-state index is 12.7. The van der Waals surface area contributed by atoms with E-state index in [2.05, 4.69) is 56.1 Å². The van der Waals surface area contributed by atoms with Gasteiger partial charge in [-0.25, -0.2) is 14.8 Å². The Balaban J connectivity index is 1.34. The quantitative estimate of drug-likeness (QED) is 0.835. The molecular formula is C22H31N7O. The van der Waals surface area contributed by atoms with Gasteiger partial charge in [0.2, 0.25) is 0 Å². The lowest BCUT2D eigenvalue weighted by atomic mass is 10.1. The smallest absolute Gasteiger partial charge is 0.321 e. The molecule has 0 spiro atoms. The first-order valence-electron chi connectivity index (χ1n) is 10.8. The van der Waals surface area contributed by atoms with Crippen LogP contribution in [0.5, 0.6) is 0 Å². The first-order valence-corrected chi connectivity index (χ1v) is 10.8. The highest BCUT2D eigenvalue weighted by molar-refractivity contribution is 5.90. The standard InChI is InChI=1S/C22H31N7O/c1-3-18-6-4-5-7-19(18)25-22(30)29-14-12-28(13-15-29)21-16-20(23-17-24-21)27-10-8-26(2)9-11-27/h4-7,16-17H,3,8-15H2,1-2H3,(H,25,30). The van der Waals surface area contributed by atoms with Gasteiger partial charge in [-0.3, -0.25) is 0 Å². The average Bonchev–Trinajstić information content (AvgIpc) is 2.80. The summed E-state index contributed by atoms with van der Waals surface area (Å²) >= 11 is 0. The number of para-hydroxylation sites is 1. The summed E-state index contributed by atoms with van der Waals surface area (Å²) in [5.74, 6) is 1.93. The van der Waals surface area contributed by atoms with Gasteiger partial charge >= 0.3 is 6.03 Å². The number of amides is 2. The Morgan fingerprint density at radius 2 is 1.53 bits per heavy atom. The van der Waals surface area contributed by atoms with Crippen LogP contribution in [-0.4, -0.2) is 85.2 Å². The average molecular weight is 410 g/mol. The zero-order chi connectivity index (χ0) is 20.9. The number of nitrogens with zero attached hydrogens (tertiary/aromatic N) is 6. The van der Waals surface area contributed by atoms with Crippen LogP contribution in [0.15, 0.2) is 36.7 Å². The van der Waals surface area contributed by atoms with E-state index in [-0.39, 0.29) is 6.03 Å². The number of aryl methyl sites for hydroxylation is 1. The fourth-order valence-corrected chi connectivity index (χ4v) is 4.00. The molecule has 1 aromatic carbocycles. The Bertz CT molecular complexity index is 858. The molecule has 2 amide bonds. The summed E-state index contributed by atoms with van der Waals surface area (Å²) in [5, 5.41) is 3.07. The third kappa shape index (κ3) is 4.64. The number of likely N-dealkylation sites (N-methyl/N-ethyl adjacent to an activating group) is 1. The first-order chi connectivity index (χ1) is 14.6. The first kappa shape index (κ1) is 20.4. The largest absolute Gasteiger partial charge is 0.354 e. The highest BCUT2D eigenvalue weighted by Crippen LogP contribution is 2.21. The van der Waals surface area contributed by atoms with Gasteiger partial charge in [0, 0.05) is 64.1 Å². The summed E-state index contributed by atoms with van der Waals surface area (Å²) in [7, 11) is 2.15. The number of nitrogens with one attached hydrogen (secondary N) is 1. The van der Waals surface area contributed by atoms with Crippen LogP contribution < -0.4 is 15.1 Å². The fraction of sp³-hybridized carbons (Fsp3) is 0.500. The lowest BCUT2D eigenvalue weighted by Gasteiger charge is -2.36. The maximum absolute atomic E-state index is 12.7. The van der Waals surface area contributed by atoms with Crippen molar-refractivity contribution >= 4 is 23.4 Å². The minimum absolute atomic E-state index is 0.0311. The molecule has 8 heteroatoms. The van der Waals surface area contributed by atoms with Crippen molar-refractivity contribution in [2.24, 2.45) is 0 Å². The van der Waals surface area contributed by atoms with E-state index in [0.717, 1.165) is 68.6 Å². The molecule has 0 bridgehead atoms. The monoisotopic (exact) mass is 409 g/mol. The number of urea groups is 1. The van der Waals surface area contributed by atoms with Crippen molar-refractivity contribution in [3.63, 3.8) is 0 Å². The number of anilines is 3. The molecule has 3 heterocycles. The highest BCUT2D eigenvalue weighted by atomic mass is 16.2. The van der Waals surface area contributed by atoms with Gasteiger partial charge in [-0.05, 0) is 25.1 Å². The Labute approximate surface area is 178 Å². The van der Waals surface area contributed by atoms with Crippen molar-refractivity contribution in [3.05, 3.63) is 42.2 Å². The van der Waals surface area contributed by atoms with Gasteiger partial charge in [0.15, 0.2) is 0 Å². The number of benzene rings is 1. The van der Waals surface area contributed by atoms with Crippen LogP contribution in [0.2, 0.25) is 0 Å².